The molecule has 5 heteroatoms. The van der Waals surface area contributed by atoms with Crippen molar-refractivity contribution < 1.29 is 9.18 Å². The number of hydrogen-bond donors (Lipinski definition) is 1. The largest absolute Gasteiger partial charge is 0.352 e. The van der Waals surface area contributed by atoms with Gasteiger partial charge in [-0.15, -0.1) is 0 Å². The zero-order chi connectivity index (χ0) is 18.4. The molecule has 4 nitrogen and oxygen atoms in total. The highest BCUT2D eigenvalue weighted by atomic mass is 19.1. The first-order valence-corrected chi connectivity index (χ1v) is 8.49. The van der Waals surface area contributed by atoms with E-state index in [1.165, 1.54) is 6.07 Å². The second kappa shape index (κ2) is 8.34. The van der Waals surface area contributed by atoms with Crippen molar-refractivity contribution >= 4 is 5.91 Å². The molecule has 1 N–H and O–H groups in total. The van der Waals surface area contributed by atoms with E-state index in [-0.39, 0.29) is 11.7 Å². The van der Waals surface area contributed by atoms with E-state index in [1.54, 1.807) is 31.6 Å². The number of carbonyl (C=O) groups excluding carboxylic acids is 1. The first-order valence-electron chi connectivity index (χ1n) is 8.49. The predicted molar refractivity (Wildman–Crippen MR) is 98.8 cm³/mol. The number of nitrogens with zero attached hydrogens (tertiary/aromatic N) is 2. The summed E-state index contributed by atoms with van der Waals surface area (Å²) in [7, 11) is 0. The minimum absolute atomic E-state index is 0.0736. The molecule has 132 valence electrons. The number of halogens is 1. The number of benzene rings is 1. The van der Waals surface area contributed by atoms with E-state index in [9.17, 15) is 9.18 Å². The molecule has 26 heavy (non-hydrogen) atoms. The Labute approximate surface area is 152 Å². The summed E-state index contributed by atoms with van der Waals surface area (Å²) in [4.78, 5) is 20.6. The molecule has 0 atom stereocenters. The highest BCUT2D eigenvalue weighted by molar-refractivity contribution is 5.76. The Morgan fingerprint density at radius 2 is 1.92 bits per heavy atom. The van der Waals surface area contributed by atoms with Crippen LogP contribution in [0.25, 0.3) is 11.3 Å². The quantitative estimate of drug-likeness (QED) is 0.736. The Bertz CT molecular complexity index is 897. The van der Waals surface area contributed by atoms with Gasteiger partial charge in [0, 0.05) is 37.1 Å². The van der Waals surface area contributed by atoms with Gasteiger partial charge in [-0.3, -0.25) is 14.8 Å². The number of carbonyl (C=O) groups is 1. The van der Waals surface area contributed by atoms with E-state index in [0.717, 1.165) is 22.4 Å². The van der Waals surface area contributed by atoms with Crippen LogP contribution in [-0.2, 0) is 17.8 Å². The fourth-order valence-electron chi connectivity index (χ4n) is 2.68. The van der Waals surface area contributed by atoms with Crippen LogP contribution in [0.3, 0.4) is 0 Å². The van der Waals surface area contributed by atoms with Gasteiger partial charge < -0.3 is 5.32 Å². The first kappa shape index (κ1) is 17.7. The maximum atomic E-state index is 13.6. The Kier molecular flexibility index (Phi) is 5.69. The lowest BCUT2D eigenvalue weighted by molar-refractivity contribution is -0.121. The summed E-state index contributed by atoms with van der Waals surface area (Å²) in [5.41, 5.74) is 4.16. The smallest absolute Gasteiger partial charge is 0.220 e. The van der Waals surface area contributed by atoms with Crippen LogP contribution in [0.2, 0.25) is 0 Å². The van der Waals surface area contributed by atoms with Crippen molar-refractivity contribution in [3.05, 3.63) is 83.6 Å². The molecular formula is C21H20FN3O. The molecule has 0 bridgehead atoms. The number of rotatable bonds is 6. The zero-order valence-electron chi connectivity index (χ0n) is 14.6. The minimum Gasteiger partial charge on any atom is -0.352 e. The van der Waals surface area contributed by atoms with Gasteiger partial charge in [0.1, 0.15) is 5.82 Å². The molecule has 2 heterocycles. The summed E-state index contributed by atoms with van der Waals surface area (Å²) in [6, 6.07) is 12.7. The average Bonchev–Trinajstić information content (AvgIpc) is 2.68. The molecule has 0 radical (unpaired) electrons. The van der Waals surface area contributed by atoms with Crippen LogP contribution < -0.4 is 5.32 Å². The Balaban J connectivity index is 1.59. The Hall–Kier alpha value is -3.08. The third kappa shape index (κ3) is 4.51. The summed E-state index contributed by atoms with van der Waals surface area (Å²) < 4.78 is 13.6. The van der Waals surface area contributed by atoms with E-state index in [0.29, 0.717) is 24.9 Å². The van der Waals surface area contributed by atoms with Gasteiger partial charge in [-0.25, -0.2) is 4.39 Å². The third-order valence-electron chi connectivity index (χ3n) is 4.20. The lowest BCUT2D eigenvalue weighted by Gasteiger charge is -2.10. The van der Waals surface area contributed by atoms with Gasteiger partial charge in [0.05, 0.1) is 5.69 Å². The first-order chi connectivity index (χ1) is 12.6. The molecule has 1 amide bonds. The lowest BCUT2D eigenvalue weighted by atomic mass is 10.1. The highest BCUT2D eigenvalue weighted by Crippen LogP contribution is 2.20. The molecule has 0 aliphatic heterocycles. The van der Waals surface area contributed by atoms with E-state index in [1.807, 2.05) is 30.3 Å². The second-order valence-electron chi connectivity index (χ2n) is 6.11. The number of pyridine rings is 2. The lowest BCUT2D eigenvalue weighted by Crippen LogP contribution is -2.23. The van der Waals surface area contributed by atoms with Crippen molar-refractivity contribution in [3.63, 3.8) is 0 Å². The molecule has 3 aromatic rings. The summed E-state index contributed by atoms with van der Waals surface area (Å²) in [6.07, 6.45) is 5.98. The Morgan fingerprint density at radius 1 is 1.12 bits per heavy atom. The fourth-order valence-corrected chi connectivity index (χ4v) is 2.68. The normalized spacial score (nSPS) is 10.5. The van der Waals surface area contributed by atoms with Gasteiger partial charge in [-0.1, -0.05) is 18.2 Å². The van der Waals surface area contributed by atoms with E-state index < -0.39 is 0 Å². The number of amides is 1. The Morgan fingerprint density at radius 3 is 2.69 bits per heavy atom. The predicted octanol–water partition coefficient (Wildman–Crippen LogP) is 3.84. The number of nitrogens with one attached hydrogen (secondary N) is 1. The number of hydrogen-bond acceptors (Lipinski definition) is 3. The van der Waals surface area contributed by atoms with Gasteiger partial charge in [0.2, 0.25) is 5.91 Å². The van der Waals surface area contributed by atoms with Crippen LogP contribution in [0.4, 0.5) is 4.39 Å². The molecular weight excluding hydrogens is 329 g/mol. The van der Waals surface area contributed by atoms with Crippen molar-refractivity contribution in [2.75, 3.05) is 0 Å². The monoisotopic (exact) mass is 349 g/mol. The number of aromatic nitrogens is 2. The van der Waals surface area contributed by atoms with Crippen LogP contribution in [0, 0.1) is 12.7 Å². The van der Waals surface area contributed by atoms with Gasteiger partial charge in [-0.05, 0) is 54.3 Å². The molecule has 2 aromatic heterocycles. The van der Waals surface area contributed by atoms with Crippen LogP contribution in [0.15, 0.2) is 61.1 Å². The molecule has 0 fully saturated rings. The fraction of sp³-hybridized carbons (Fsp3) is 0.190. The topological polar surface area (TPSA) is 54.9 Å². The van der Waals surface area contributed by atoms with Crippen molar-refractivity contribution in [2.45, 2.75) is 26.3 Å². The molecule has 0 saturated heterocycles. The molecule has 0 saturated carbocycles. The van der Waals surface area contributed by atoms with Gasteiger partial charge in [0.15, 0.2) is 0 Å². The maximum Gasteiger partial charge on any atom is 0.220 e. The summed E-state index contributed by atoms with van der Waals surface area (Å²) in [6.45, 7) is 2.12. The standard InChI is InChI=1S/C21H20FN3O/c1-15-4-5-16(13-19(15)22)6-7-20(26)25-14-18-3-2-10-24-21(18)17-8-11-23-12-9-17/h2-5,8-13H,6-7,14H2,1H3,(H,25,26). The van der Waals surface area contributed by atoms with Gasteiger partial charge in [0.25, 0.3) is 0 Å². The molecule has 0 aliphatic rings. The van der Waals surface area contributed by atoms with Crippen LogP contribution in [0.5, 0.6) is 0 Å². The molecule has 3 rings (SSSR count). The van der Waals surface area contributed by atoms with Gasteiger partial charge in [-0.2, -0.15) is 0 Å². The summed E-state index contributed by atoms with van der Waals surface area (Å²) in [5, 5.41) is 2.92. The van der Waals surface area contributed by atoms with E-state index >= 15 is 0 Å². The highest BCUT2D eigenvalue weighted by Gasteiger charge is 2.08. The van der Waals surface area contributed by atoms with Crippen LogP contribution >= 0.6 is 0 Å². The van der Waals surface area contributed by atoms with Crippen LogP contribution in [-0.4, -0.2) is 15.9 Å². The summed E-state index contributed by atoms with van der Waals surface area (Å²) >= 11 is 0. The van der Waals surface area contributed by atoms with E-state index in [4.69, 9.17) is 0 Å². The molecule has 0 unspecified atom stereocenters. The average molecular weight is 349 g/mol. The zero-order valence-corrected chi connectivity index (χ0v) is 14.6. The van der Waals surface area contributed by atoms with Crippen molar-refractivity contribution in [1.82, 2.24) is 15.3 Å². The van der Waals surface area contributed by atoms with Crippen LogP contribution in [0.1, 0.15) is 23.1 Å². The van der Waals surface area contributed by atoms with Crippen molar-refractivity contribution in [1.29, 1.82) is 0 Å². The molecule has 1 aromatic carbocycles. The second-order valence-corrected chi connectivity index (χ2v) is 6.11. The minimum atomic E-state index is -0.236. The molecule has 0 spiro atoms. The van der Waals surface area contributed by atoms with E-state index in [2.05, 4.69) is 15.3 Å². The summed E-state index contributed by atoms with van der Waals surface area (Å²) in [5.74, 6) is -0.309. The number of aryl methyl sites for hydroxylation is 2. The third-order valence-corrected chi connectivity index (χ3v) is 4.20. The molecule has 0 aliphatic carbocycles. The van der Waals surface area contributed by atoms with Crippen molar-refractivity contribution in [3.8, 4) is 11.3 Å². The SMILES string of the molecule is Cc1ccc(CCC(=O)NCc2cccnc2-c2ccncc2)cc1F. The van der Waals surface area contributed by atoms with Gasteiger partial charge >= 0.3 is 0 Å². The maximum absolute atomic E-state index is 13.6. The van der Waals surface area contributed by atoms with Crippen molar-refractivity contribution in [2.24, 2.45) is 0 Å².